The fourth-order valence-electron chi connectivity index (χ4n) is 2.42. The summed E-state index contributed by atoms with van der Waals surface area (Å²) in [4.78, 5) is 26.5. The van der Waals surface area contributed by atoms with E-state index in [0.29, 0.717) is 5.82 Å². The molecule has 7 heteroatoms. The second-order valence-electron chi connectivity index (χ2n) is 5.47. The lowest BCUT2D eigenvalue weighted by Crippen LogP contribution is -2.45. The van der Waals surface area contributed by atoms with Crippen LogP contribution in [0.5, 0.6) is 0 Å². The molecule has 2 aromatic rings. The molecule has 116 valence electrons. The molecule has 2 aromatic heterocycles. The number of nitrogens with two attached hydrogens (primary N) is 1. The van der Waals surface area contributed by atoms with Crippen LogP contribution >= 0.6 is 11.3 Å². The van der Waals surface area contributed by atoms with Crippen molar-refractivity contribution in [2.24, 2.45) is 0 Å². The summed E-state index contributed by atoms with van der Waals surface area (Å²) >= 11 is 1.44. The van der Waals surface area contributed by atoms with Gasteiger partial charge in [0.25, 0.3) is 0 Å². The van der Waals surface area contributed by atoms with Crippen LogP contribution in [0.4, 0.5) is 11.6 Å². The van der Waals surface area contributed by atoms with Gasteiger partial charge in [-0.1, -0.05) is 0 Å². The third-order valence-electron chi connectivity index (χ3n) is 3.79. The molecule has 0 amide bonds. The minimum atomic E-state index is 0.0685. The normalized spacial score (nSPS) is 16.0. The van der Waals surface area contributed by atoms with Crippen molar-refractivity contribution in [2.75, 3.05) is 43.9 Å². The van der Waals surface area contributed by atoms with Gasteiger partial charge in [-0.3, -0.25) is 4.79 Å². The van der Waals surface area contributed by atoms with Crippen LogP contribution in [0.25, 0.3) is 10.6 Å². The topological polar surface area (TPSA) is 75.4 Å². The Kier molecular flexibility index (Phi) is 4.08. The molecule has 1 fully saturated rings. The van der Waals surface area contributed by atoms with Crippen molar-refractivity contribution in [3.8, 4) is 10.6 Å². The lowest BCUT2D eigenvalue weighted by atomic mass is 10.3. The highest BCUT2D eigenvalue weighted by Gasteiger charge is 2.19. The van der Waals surface area contributed by atoms with Gasteiger partial charge in [0.05, 0.1) is 16.0 Å². The number of carbonyl (C=O) groups excluding carboxylic acids is 1. The summed E-state index contributed by atoms with van der Waals surface area (Å²) in [6, 6.07) is 3.74. The standard InChI is InChI=1S/C15H19N5OS/c1-10(21)12-3-4-13(22-12)11-9-17-14(16)15(18-11)20-7-5-19(2)6-8-20/h3-4,9H,5-8H2,1-2H3,(H2,16,17). The summed E-state index contributed by atoms with van der Waals surface area (Å²) in [6.07, 6.45) is 1.67. The molecule has 0 saturated carbocycles. The number of thiophene rings is 1. The molecule has 0 spiro atoms. The largest absolute Gasteiger partial charge is 0.381 e. The van der Waals surface area contributed by atoms with Crippen molar-refractivity contribution >= 4 is 28.8 Å². The number of piperazine rings is 1. The SMILES string of the molecule is CC(=O)c1ccc(-c2cnc(N)c(N3CCN(C)CC3)n2)s1. The number of ketones is 1. The van der Waals surface area contributed by atoms with Gasteiger partial charge < -0.3 is 15.5 Å². The van der Waals surface area contributed by atoms with Gasteiger partial charge in [-0.2, -0.15) is 0 Å². The van der Waals surface area contributed by atoms with Gasteiger partial charge in [0, 0.05) is 26.2 Å². The Hall–Kier alpha value is -1.99. The molecule has 1 aliphatic heterocycles. The number of anilines is 2. The zero-order chi connectivity index (χ0) is 15.7. The highest BCUT2D eigenvalue weighted by Crippen LogP contribution is 2.29. The van der Waals surface area contributed by atoms with Crippen LogP contribution < -0.4 is 10.6 Å². The highest BCUT2D eigenvalue weighted by molar-refractivity contribution is 7.17. The van der Waals surface area contributed by atoms with E-state index >= 15 is 0 Å². The molecule has 3 rings (SSSR count). The molecular weight excluding hydrogens is 298 g/mol. The Bertz CT molecular complexity index is 691. The number of rotatable bonds is 3. The molecule has 0 bridgehead atoms. The van der Waals surface area contributed by atoms with Crippen molar-refractivity contribution < 1.29 is 4.79 Å². The van der Waals surface area contributed by atoms with E-state index in [-0.39, 0.29) is 5.78 Å². The van der Waals surface area contributed by atoms with Crippen LogP contribution in [0.3, 0.4) is 0 Å². The average molecular weight is 317 g/mol. The Labute approximate surface area is 133 Å². The molecule has 0 radical (unpaired) electrons. The maximum absolute atomic E-state index is 11.4. The molecule has 6 nitrogen and oxygen atoms in total. The van der Waals surface area contributed by atoms with Gasteiger partial charge >= 0.3 is 0 Å². The predicted molar refractivity (Wildman–Crippen MR) is 89.5 cm³/mol. The first-order chi connectivity index (χ1) is 10.5. The lowest BCUT2D eigenvalue weighted by Gasteiger charge is -2.33. The Morgan fingerprint density at radius 3 is 2.64 bits per heavy atom. The predicted octanol–water partition coefficient (Wildman–Crippen LogP) is 1.74. The summed E-state index contributed by atoms with van der Waals surface area (Å²) in [5.74, 6) is 1.26. The molecule has 0 aliphatic carbocycles. The summed E-state index contributed by atoms with van der Waals surface area (Å²) in [6.45, 7) is 5.32. The number of nitrogen functional groups attached to an aromatic ring is 1. The van der Waals surface area contributed by atoms with E-state index in [0.717, 1.165) is 47.4 Å². The molecule has 0 atom stereocenters. The smallest absolute Gasteiger partial charge is 0.172 e. The quantitative estimate of drug-likeness (QED) is 0.869. The van der Waals surface area contributed by atoms with E-state index in [1.165, 1.54) is 11.3 Å². The van der Waals surface area contributed by atoms with Crippen molar-refractivity contribution in [3.63, 3.8) is 0 Å². The minimum absolute atomic E-state index is 0.0685. The molecule has 3 heterocycles. The van der Waals surface area contributed by atoms with Crippen LogP contribution in [0.2, 0.25) is 0 Å². The Morgan fingerprint density at radius 2 is 2.00 bits per heavy atom. The number of hydrogen-bond donors (Lipinski definition) is 1. The van der Waals surface area contributed by atoms with Gasteiger partial charge in [0.2, 0.25) is 0 Å². The van der Waals surface area contributed by atoms with Crippen LogP contribution in [0.1, 0.15) is 16.6 Å². The molecule has 1 saturated heterocycles. The second kappa shape index (κ2) is 6.02. The van der Waals surface area contributed by atoms with E-state index in [2.05, 4.69) is 26.8 Å². The maximum Gasteiger partial charge on any atom is 0.172 e. The van der Waals surface area contributed by atoms with Gasteiger partial charge in [-0.25, -0.2) is 9.97 Å². The number of carbonyl (C=O) groups is 1. The number of Topliss-reactive ketones (excluding diaryl/α,β-unsaturated/α-hetero) is 1. The number of nitrogens with zero attached hydrogens (tertiary/aromatic N) is 4. The summed E-state index contributed by atoms with van der Waals surface area (Å²) in [5.41, 5.74) is 6.77. The summed E-state index contributed by atoms with van der Waals surface area (Å²) in [5, 5.41) is 0. The van der Waals surface area contributed by atoms with Gasteiger partial charge in [-0.15, -0.1) is 11.3 Å². The van der Waals surface area contributed by atoms with Gasteiger partial charge in [0.1, 0.15) is 5.69 Å². The Morgan fingerprint density at radius 1 is 1.27 bits per heavy atom. The summed E-state index contributed by atoms with van der Waals surface area (Å²) in [7, 11) is 2.11. The van der Waals surface area contributed by atoms with E-state index in [1.807, 2.05) is 12.1 Å². The minimum Gasteiger partial charge on any atom is -0.381 e. The van der Waals surface area contributed by atoms with Crippen molar-refractivity contribution in [1.82, 2.24) is 14.9 Å². The number of hydrogen-bond acceptors (Lipinski definition) is 7. The van der Waals surface area contributed by atoms with Crippen molar-refractivity contribution in [2.45, 2.75) is 6.92 Å². The van der Waals surface area contributed by atoms with Gasteiger partial charge in [0.15, 0.2) is 17.4 Å². The molecule has 0 unspecified atom stereocenters. The molecule has 2 N–H and O–H groups in total. The van der Waals surface area contributed by atoms with Crippen LogP contribution in [0.15, 0.2) is 18.3 Å². The fourth-order valence-corrected chi connectivity index (χ4v) is 3.28. The molecule has 0 aromatic carbocycles. The number of aromatic nitrogens is 2. The van der Waals surface area contributed by atoms with Crippen LogP contribution in [0, 0.1) is 0 Å². The highest BCUT2D eigenvalue weighted by atomic mass is 32.1. The third kappa shape index (κ3) is 2.95. The molecule has 22 heavy (non-hydrogen) atoms. The lowest BCUT2D eigenvalue weighted by molar-refractivity contribution is 0.102. The zero-order valence-electron chi connectivity index (χ0n) is 12.7. The summed E-state index contributed by atoms with van der Waals surface area (Å²) < 4.78 is 0. The van der Waals surface area contributed by atoms with Crippen molar-refractivity contribution in [3.05, 3.63) is 23.2 Å². The van der Waals surface area contributed by atoms with E-state index in [4.69, 9.17) is 5.73 Å². The first kappa shape index (κ1) is 14.9. The van der Waals surface area contributed by atoms with E-state index in [9.17, 15) is 4.79 Å². The van der Waals surface area contributed by atoms with Gasteiger partial charge in [-0.05, 0) is 26.1 Å². The molecule has 1 aliphatic rings. The third-order valence-corrected chi connectivity index (χ3v) is 5.00. The maximum atomic E-state index is 11.4. The Balaban J connectivity index is 1.90. The van der Waals surface area contributed by atoms with Crippen LogP contribution in [-0.2, 0) is 0 Å². The number of likely N-dealkylation sites (N-methyl/N-ethyl adjacent to an activating group) is 1. The first-order valence-corrected chi connectivity index (χ1v) is 8.03. The monoisotopic (exact) mass is 317 g/mol. The molecular formula is C15H19N5OS. The van der Waals surface area contributed by atoms with E-state index in [1.54, 1.807) is 13.1 Å². The van der Waals surface area contributed by atoms with Crippen molar-refractivity contribution in [1.29, 1.82) is 0 Å². The average Bonchev–Trinajstić information content (AvgIpc) is 2.99. The second-order valence-corrected chi connectivity index (χ2v) is 6.56. The van der Waals surface area contributed by atoms with E-state index < -0.39 is 0 Å². The first-order valence-electron chi connectivity index (χ1n) is 7.22. The fraction of sp³-hybridized carbons (Fsp3) is 0.400. The zero-order valence-corrected chi connectivity index (χ0v) is 13.6. The van der Waals surface area contributed by atoms with Crippen LogP contribution in [-0.4, -0.2) is 53.9 Å².